The molecule has 0 unspecified atom stereocenters. The lowest BCUT2D eigenvalue weighted by Gasteiger charge is -2.26. The van der Waals surface area contributed by atoms with Gasteiger partial charge in [0.2, 0.25) is 0 Å². The number of aromatic nitrogens is 1. The van der Waals surface area contributed by atoms with Crippen molar-refractivity contribution < 1.29 is 23.9 Å². The zero-order chi connectivity index (χ0) is 27.2. The van der Waals surface area contributed by atoms with Crippen LogP contribution in [-0.2, 0) is 14.3 Å². The van der Waals surface area contributed by atoms with Crippen LogP contribution in [0.2, 0.25) is 0 Å². The highest BCUT2D eigenvalue weighted by Crippen LogP contribution is 2.35. The Bertz CT molecular complexity index is 1550. The number of hydrogen-bond donors (Lipinski definition) is 0. The number of fused-ring (bicyclic) bond motifs is 1. The van der Waals surface area contributed by atoms with Crippen molar-refractivity contribution in [3.63, 3.8) is 0 Å². The highest BCUT2D eigenvalue weighted by Gasteiger charge is 2.35. The maximum Gasteiger partial charge on any atom is 0.338 e. The van der Waals surface area contributed by atoms with Gasteiger partial charge in [-0.15, -0.1) is 0 Å². The van der Waals surface area contributed by atoms with Crippen LogP contribution < -0.4 is 19.6 Å². The number of esters is 1. The van der Waals surface area contributed by atoms with Crippen LogP contribution in [0, 0.1) is 10.1 Å². The van der Waals surface area contributed by atoms with Gasteiger partial charge in [0.05, 0.1) is 33.9 Å². The molecule has 0 amide bonds. The van der Waals surface area contributed by atoms with Gasteiger partial charge in [-0.1, -0.05) is 36.5 Å². The summed E-state index contributed by atoms with van der Waals surface area (Å²) in [6, 6.07) is 12.4. The average Bonchev–Trinajstić information content (AvgIpc) is 3.21. The van der Waals surface area contributed by atoms with Gasteiger partial charge in [-0.05, 0) is 43.2 Å². The molecule has 0 bridgehead atoms. The Labute approximate surface area is 222 Å². The molecule has 38 heavy (non-hydrogen) atoms. The van der Waals surface area contributed by atoms with E-state index in [-0.39, 0.29) is 30.0 Å². The Morgan fingerprint density at radius 1 is 1.16 bits per heavy atom. The molecule has 0 aliphatic carbocycles. The molecular weight excluding hydrogens is 510 g/mol. The van der Waals surface area contributed by atoms with Gasteiger partial charge in [0.15, 0.2) is 4.80 Å². The molecule has 10 nitrogen and oxygen atoms in total. The van der Waals surface area contributed by atoms with E-state index in [4.69, 9.17) is 14.2 Å². The summed E-state index contributed by atoms with van der Waals surface area (Å²) >= 11 is 1.18. The third-order valence-corrected chi connectivity index (χ3v) is 6.82. The maximum absolute atomic E-state index is 13.8. The summed E-state index contributed by atoms with van der Waals surface area (Å²) in [7, 11) is 1.51. The number of hydrogen-bond acceptors (Lipinski definition) is 9. The first-order valence-corrected chi connectivity index (χ1v) is 12.8. The number of nitro benzene ring substituents is 1. The Balaban J connectivity index is 1.88. The van der Waals surface area contributed by atoms with Crippen molar-refractivity contribution >= 4 is 29.1 Å². The van der Waals surface area contributed by atoms with Gasteiger partial charge in [-0.25, -0.2) is 9.79 Å². The van der Waals surface area contributed by atoms with Crippen LogP contribution in [0.25, 0.3) is 6.08 Å². The molecule has 1 atom stereocenters. The Hall–Kier alpha value is -4.09. The quantitative estimate of drug-likeness (QED) is 0.169. The minimum Gasteiger partial charge on any atom is -0.493 e. The monoisotopic (exact) mass is 537 g/mol. The molecule has 0 saturated carbocycles. The first kappa shape index (κ1) is 27.0. The van der Waals surface area contributed by atoms with Gasteiger partial charge in [-0.2, -0.15) is 0 Å². The number of carbonyl (C=O) groups is 1. The molecule has 0 N–H and O–H groups in total. The molecule has 0 spiro atoms. The van der Waals surface area contributed by atoms with E-state index in [1.165, 1.54) is 35.1 Å². The number of carbonyl (C=O) groups excluding carboxylic acids is 1. The van der Waals surface area contributed by atoms with E-state index in [0.29, 0.717) is 38.5 Å². The minimum absolute atomic E-state index is 0.0421. The van der Waals surface area contributed by atoms with Crippen molar-refractivity contribution in [2.45, 2.75) is 26.3 Å². The number of allylic oxidation sites excluding steroid dienone is 1. The van der Waals surface area contributed by atoms with Gasteiger partial charge in [-0.3, -0.25) is 19.5 Å². The van der Waals surface area contributed by atoms with Gasteiger partial charge >= 0.3 is 5.97 Å². The Morgan fingerprint density at radius 2 is 1.89 bits per heavy atom. The van der Waals surface area contributed by atoms with Crippen LogP contribution in [0.4, 0.5) is 5.69 Å². The first-order valence-electron chi connectivity index (χ1n) is 12.0. The number of para-hydroxylation sites is 1. The largest absolute Gasteiger partial charge is 0.493 e. The Kier molecular flexibility index (Phi) is 8.49. The number of nitro groups is 1. The topological polar surface area (TPSA) is 122 Å². The molecule has 2 aromatic carbocycles. The number of thiazole rings is 1. The van der Waals surface area contributed by atoms with Crippen LogP contribution >= 0.6 is 11.3 Å². The molecule has 1 aliphatic rings. The molecule has 1 aliphatic heterocycles. The fraction of sp³-hybridized carbons (Fsp3) is 0.296. The summed E-state index contributed by atoms with van der Waals surface area (Å²) in [5, 5.41) is 11.0. The number of nitrogens with zero attached hydrogens (tertiary/aromatic N) is 3. The van der Waals surface area contributed by atoms with Gasteiger partial charge in [0.1, 0.15) is 18.4 Å². The molecule has 2 heterocycles. The number of ether oxygens (including phenoxy) is 3. The van der Waals surface area contributed by atoms with Gasteiger partial charge < -0.3 is 14.2 Å². The molecule has 0 radical (unpaired) electrons. The van der Waals surface area contributed by atoms with E-state index in [1.807, 2.05) is 25.1 Å². The van der Waals surface area contributed by atoms with E-state index >= 15 is 0 Å². The average molecular weight is 538 g/mol. The van der Waals surface area contributed by atoms with Crippen LogP contribution in [0.5, 0.6) is 5.75 Å². The summed E-state index contributed by atoms with van der Waals surface area (Å²) in [4.78, 5) is 42.6. The van der Waals surface area contributed by atoms with E-state index < -0.39 is 16.9 Å². The van der Waals surface area contributed by atoms with E-state index in [9.17, 15) is 19.7 Å². The second-order valence-electron chi connectivity index (χ2n) is 8.45. The van der Waals surface area contributed by atoms with E-state index in [1.54, 1.807) is 31.2 Å². The fourth-order valence-electron chi connectivity index (χ4n) is 4.07. The zero-order valence-electron chi connectivity index (χ0n) is 21.2. The van der Waals surface area contributed by atoms with Crippen LogP contribution in [-0.4, -0.2) is 42.4 Å². The van der Waals surface area contributed by atoms with E-state index in [2.05, 4.69) is 4.99 Å². The predicted molar refractivity (Wildman–Crippen MR) is 142 cm³/mol. The predicted octanol–water partition coefficient (Wildman–Crippen LogP) is 3.12. The van der Waals surface area contributed by atoms with Crippen LogP contribution in [0.3, 0.4) is 0 Å². The summed E-state index contributed by atoms with van der Waals surface area (Å²) in [5.74, 6) is -0.0376. The summed E-state index contributed by atoms with van der Waals surface area (Å²) in [6.45, 7) is 4.45. The van der Waals surface area contributed by atoms with E-state index in [0.717, 1.165) is 6.42 Å². The molecular formula is C27H27N3O7S. The smallest absolute Gasteiger partial charge is 0.338 e. The second kappa shape index (κ2) is 12.0. The lowest BCUT2D eigenvalue weighted by atomic mass is 9.95. The highest BCUT2D eigenvalue weighted by molar-refractivity contribution is 7.07. The van der Waals surface area contributed by atoms with Crippen molar-refractivity contribution in [2.75, 3.05) is 26.9 Å². The minimum atomic E-state index is -0.826. The number of rotatable bonds is 10. The molecule has 198 valence electrons. The summed E-state index contributed by atoms with van der Waals surface area (Å²) < 4.78 is 18.3. The van der Waals surface area contributed by atoms with Crippen LogP contribution in [0.15, 0.2) is 69.6 Å². The normalized spacial score (nSPS) is 15.1. The SMILES string of the molecule is CCCOc1ccccc1[C@@H]1C(C(=O)OCCOC)=C(C)N=c2s/c(=C/c3ccc([N+](=O)[O-])cc3)c(=O)n21. The maximum atomic E-state index is 13.8. The van der Waals surface area contributed by atoms with Gasteiger partial charge in [0.25, 0.3) is 11.2 Å². The molecule has 0 saturated heterocycles. The first-order chi connectivity index (χ1) is 18.3. The van der Waals surface area contributed by atoms with Crippen molar-refractivity contribution in [3.05, 3.63) is 101 Å². The fourth-order valence-corrected chi connectivity index (χ4v) is 5.11. The highest BCUT2D eigenvalue weighted by atomic mass is 32.1. The molecule has 3 aromatic rings. The van der Waals surface area contributed by atoms with Crippen molar-refractivity contribution in [1.29, 1.82) is 0 Å². The Morgan fingerprint density at radius 3 is 2.58 bits per heavy atom. The molecule has 1 aromatic heterocycles. The third-order valence-electron chi connectivity index (χ3n) is 5.84. The van der Waals surface area contributed by atoms with Crippen molar-refractivity contribution in [3.8, 4) is 5.75 Å². The summed E-state index contributed by atoms with van der Waals surface area (Å²) in [5.41, 5.74) is 1.54. The van der Waals surface area contributed by atoms with Crippen molar-refractivity contribution in [2.24, 2.45) is 4.99 Å². The number of methoxy groups -OCH3 is 1. The number of benzene rings is 2. The lowest BCUT2D eigenvalue weighted by molar-refractivity contribution is -0.384. The third kappa shape index (κ3) is 5.58. The zero-order valence-corrected chi connectivity index (χ0v) is 22.0. The van der Waals surface area contributed by atoms with Crippen molar-refractivity contribution in [1.82, 2.24) is 4.57 Å². The lowest BCUT2D eigenvalue weighted by Crippen LogP contribution is -2.40. The molecule has 0 fully saturated rings. The van der Waals surface area contributed by atoms with Crippen LogP contribution in [0.1, 0.15) is 37.4 Å². The second-order valence-corrected chi connectivity index (χ2v) is 9.45. The standard InChI is InChI=1S/C27H27N3O7S/c1-4-13-36-21-8-6-5-7-20(21)24-23(26(32)37-15-14-35-3)17(2)28-27-29(24)25(31)22(38-27)16-18-9-11-19(12-10-18)30(33)34/h5-12,16,24H,4,13-15H2,1-3H3/b22-16+/t24-/m1/s1. The number of non-ortho nitro benzene ring substituents is 1. The molecule has 11 heteroatoms. The van der Waals surface area contributed by atoms with Gasteiger partial charge in [0, 0.05) is 24.8 Å². The molecule has 4 rings (SSSR count). The summed E-state index contributed by atoms with van der Waals surface area (Å²) in [6.07, 6.45) is 2.44.